The second-order valence-corrected chi connectivity index (χ2v) is 9.18. The number of quaternary nitrogens is 1. The van der Waals surface area contributed by atoms with Crippen LogP contribution in [0.15, 0.2) is 0 Å². The fourth-order valence-corrected chi connectivity index (χ4v) is 3.81. The second-order valence-electron chi connectivity index (χ2n) is 2.84. The molecule has 0 aromatic rings. The van der Waals surface area contributed by atoms with Crippen LogP contribution in [-0.4, -0.2) is 33.0 Å². The summed E-state index contributed by atoms with van der Waals surface area (Å²) in [6.45, 7) is 7.51. The Morgan fingerprint density at radius 2 is 1.79 bits per heavy atom. The Labute approximate surface area is 97.1 Å². The molecule has 14 heavy (non-hydrogen) atoms. The van der Waals surface area contributed by atoms with Gasteiger partial charge in [0.2, 0.25) is 0 Å². The van der Waals surface area contributed by atoms with Crippen molar-refractivity contribution in [2.24, 2.45) is 0 Å². The van der Waals surface area contributed by atoms with E-state index in [4.69, 9.17) is 4.52 Å². The molecule has 88 valence electrons. The summed E-state index contributed by atoms with van der Waals surface area (Å²) >= 11 is 5.84. The summed E-state index contributed by atoms with van der Waals surface area (Å²) in [4.78, 5) is 12.5. The molecule has 1 atom stereocenters. The van der Waals surface area contributed by atoms with Gasteiger partial charge in [-0.25, -0.2) is 0 Å². The lowest BCUT2D eigenvalue weighted by Crippen LogP contribution is -3.05. The van der Waals surface area contributed by atoms with Crippen molar-refractivity contribution in [3.63, 3.8) is 0 Å². The second kappa shape index (κ2) is 10.4. The highest BCUT2D eigenvalue weighted by Crippen LogP contribution is 2.51. The van der Waals surface area contributed by atoms with Crippen molar-refractivity contribution >= 4 is 28.9 Å². The lowest BCUT2D eigenvalue weighted by molar-refractivity contribution is -0.856. The van der Waals surface area contributed by atoms with Gasteiger partial charge in [-0.05, 0) is 19.6 Å². The van der Waals surface area contributed by atoms with E-state index in [0.29, 0.717) is 6.61 Å². The Bertz CT molecular complexity index is 157. The summed E-state index contributed by atoms with van der Waals surface area (Å²) < 4.78 is 4.80. The molecule has 0 heterocycles. The minimum atomic E-state index is -2.69. The summed E-state index contributed by atoms with van der Waals surface area (Å²) in [7, 11) is 4.28. The van der Waals surface area contributed by atoms with E-state index in [0.717, 1.165) is 5.75 Å². The molecule has 0 fully saturated rings. The molecule has 0 aliphatic rings. The van der Waals surface area contributed by atoms with Gasteiger partial charge < -0.3 is 14.3 Å². The van der Waals surface area contributed by atoms with Gasteiger partial charge >= 0.3 is 0 Å². The average molecular weight is 259 g/mol. The van der Waals surface area contributed by atoms with Crippen LogP contribution in [0.4, 0.5) is 0 Å². The first kappa shape index (κ1) is 17.3. The molecule has 0 aromatic carbocycles. The molecule has 0 aliphatic carbocycles. The van der Waals surface area contributed by atoms with Crippen LogP contribution in [-0.2, 0) is 16.3 Å². The first-order valence-corrected chi connectivity index (χ1v) is 9.01. The van der Waals surface area contributed by atoms with Gasteiger partial charge in [-0.3, -0.25) is 0 Å². The number of hydrogen-bond acceptors (Lipinski definition) is 4. The third kappa shape index (κ3) is 15.4. The lowest BCUT2D eigenvalue weighted by atomic mass is 10.7. The van der Waals surface area contributed by atoms with Crippen molar-refractivity contribution in [2.45, 2.75) is 20.8 Å². The quantitative estimate of drug-likeness (QED) is 0.730. The van der Waals surface area contributed by atoms with Crippen LogP contribution in [0.1, 0.15) is 20.8 Å². The molecule has 0 bridgehead atoms. The Balaban J connectivity index is 0. The molecule has 0 aliphatic heterocycles. The van der Waals surface area contributed by atoms with Gasteiger partial charge in [-0.1, -0.05) is 18.7 Å². The van der Waals surface area contributed by atoms with Gasteiger partial charge in [0, 0.05) is 12.3 Å². The van der Waals surface area contributed by atoms with Gasteiger partial charge in [0.05, 0.1) is 20.6 Å². The van der Waals surface area contributed by atoms with Crippen molar-refractivity contribution in [3.05, 3.63) is 0 Å². The van der Waals surface area contributed by atoms with E-state index in [2.05, 4.69) is 32.8 Å². The van der Waals surface area contributed by atoms with Crippen LogP contribution in [0, 0.1) is 0 Å². The number of hydrogen-bond donors (Lipinski definition) is 1. The molecule has 0 amide bonds. The molecule has 0 saturated carbocycles. The van der Waals surface area contributed by atoms with E-state index in [9.17, 15) is 4.89 Å². The molecule has 0 aromatic heterocycles. The van der Waals surface area contributed by atoms with Gasteiger partial charge in [-0.15, -0.1) is 11.4 Å². The molecular weight excluding hydrogens is 237 g/mol. The van der Waals surface area contributed by atoms with E-state index in [1.165, 1.54) is 22.8 Å². The van der Waals surface area contributed by atoms with Crippen LogP contribution in [0.25, 0.3) is 0 Å². The minimum Gasteiger partial charge on any atom is -0.793 e. The Hall–Kier alpha value is 0.880. The zero-order chi connectivity index (χ0) is 11.6. The summed E-state index contributed by atoms with van der Waals surface area (Å²) in [6.07, 6.45) is 0. The van der Waals surface area contributed by atoms with Crippen molar-refractivity contribution in [1.82, 2.24) is 0 Å². The molecule has 0 radical (unpaired) electrons. The SMILES string of the molecule is CCOP([O-])(=S)SCC.CC[NH+](C)C. The maximum Gasteiger partial charge on any atom is 0.0738 e. The third-order valence-corrected chi connectivity index (χ3v) is 5.73. The highest BCUT2D eigenvalue weighted by Gasteiger charge is 1.98. The van der Waals surface area contributed by atoms with Crippen LogP contribution in [0.5, 0.6) is 0 Å². The van der Waals surface area contributed by atoms with Crippen LogP contribution >= 0.6 is 17.1 Å². The van der Waals surface area contributed by atoms with Gasteiger partial charge in [-0.2, -0.15) is 0 Å². The molecule has 3 nitrogen and oxygen atoms in total. The lowest BCUT2D eigenvalue weighted by Gasteiger charge is -2.25. The number of nitrogens with one attached hydrogen (secondary N) is 1. The Kier molecular flexibility index (Phi) is 12.8. The Morgan fingerprint density at radius 3 is 2.00 bits per heavy atom. The molecule has 0 rings (SSSR count). The van der Waals surface area contributed by atoms with E-state index >= 15 is 0 Å². The summed E-state index contributed by atoms with van der Waals surface area (Å²) in [5.41, 5.74) is -2.69. The van der Waals surface area contributed by atoms with Crippen LogP contribution in [0.2, 0.25) is 0 Å². The maximum atomic E-state index is 11.0. The van der Waals surface area contributed by atoms with E-state index in [1.807, 2.05) is 6.92 Å². The fourth-order valence-electron chi connectivity index (χ4n) is 0.353. The van der Waals surface area contributed by atoms with Crippen molar-refractivity contribution < 1.29 is 14.3 Å². The van der Waals surface area contributed by atoms with E-state index in [-0.39, 0.29) is 0 Å². The van der Waals surface area contributed by atoms with E-state index in [1.54, 1.807) is 6.92 Å². The zero-order valence-corrected chi connectivity index (χ0v) is 12.2. The van der Waals surface area contributed by atoms with Crippen LogP contribution in [0.3, 0.4) is 0 Å². The Morgan fingerprint density at radius 1 is 1.36 bits per heavy atom. The number of rotatable bonds is 5. The van der Waals surface area contributed by atoms with Gasteiger partial charge in [0.25, 0.3) is 0 Å². The molecule has 1 N–H and O–H groups in total. The largest absolute Gasteiger partial charge is 0.793 e. The summed E-state index contributed by atoms with van der Waals surface area (Å²) in [5, 5.41) is 0. The van der Waals surface area contributed by atoms with Crippen LogP contribution < -0.4 is 9.79 Å². The molecule has 6 heteroatoms. The topological polar surface area (TPSA) is 36.7 Å². The molecule has 0 saturated heterocycles. The highest BCUT2D eigenvalue weighted by molar-refractivity contribution is 8.67. The molecule has 0 spiro atoms. The van der Waals surface area contributed by atoms with Crippen molar-refractivity contribution in [2.75, 3.05) is 33.0 Å². The van der Waals surface area contributed by atoms with Crippen molar-refractivity contribution in [1.29, 1.82) is 0 Å². The monoisotopic (exact) mass is 259 g/mol. The first-order valence-electron chi connectivity index (χ1n) is 4.78. The predicted molar refractivity (Wildman–Crippen MR) is 67.4 cm³/mol. The summed E-state index contributed by atoms with van der Waals surface area (Å²) in [5.74, 6) is 0.751. The van der Waals surface area contributed by atoms with Gasteiger partial charge in [0.15, 0.2) is 0 Å². The van der Waals surface area contributed by atoms with Gasteiger partial charge in [0.1, 0.15) is 0 Å². The minimum absolute atomic E-state index is 0.438. The first-order chi connectivity index (χ1) is 6.39. The smallest absolute Gasteiger partial charge is 0.0738 e. The van der Waals surface area contributed by atoms with Crippen molar-refractivity contribution in [3.8, 4) is 0 Å². The third-order valence-electron chi connectivity index (χ3n) is 1.28. The molecule has 1 unspecified atom stereocenters. The fraction of sp³-hybridized carbons (Fsp3) is 1.00. The predicted octanol–water partition coefficient (Wildman–Crippen LogP) is 0.512. The maximum absolute atomic E-state index is 11.0. The standard InChI is InChI=1S/C4H11N.C4H11O2PS2/c1-4-5(2)3;1-3-6-7(5,8)9-4-2/h4H2,1-3H3;3-4H2,1-2H3,(H,5,8). The highest BCUT2D eigenvalue weighted by atomic mass is 32.9. The normalized spacial score (nSPS) is 14.5. The zero-order valence-electron chi connectivity index (χ0n) is 9.70. The van der Waals surface area contributed by atoms with E-state index < -0.39 is 5.69 Å². The average Bonchev–Trinajstić information content (AvgIpc) is 2.05. The molecular formula is C8H22NO2PS2. The summed E-state index contributed by atoms with van der Waals surface area (Å²) in [6, 6.07) is 0.